The Balaban J connectivity index is 2.10. The minimum absolute atomic E-state index is 1.19. The van der Waals surface area contributed by atoms with E-state index in [0.29, 0.717) is 0 Å². The van der Waals surface area contributed by atoms with Crippen molar-refractivity contribution in [1.82, 2.24) is 4.57 Å². The molecule has 0 bridgehead atoms. The molecule has 0 saturated heterocycles. The summed E-state index contributed by atoms with van der Waals surface area (Å²) in [6.07, 6.45) is 22.6. The molecular formula is C21H41N2+. The first-order valence-electron chi connectivity index (χ1n) is 10.3. The molecule has 0 atom stereocenters. The predicted molar refractivity (Wildman–Crippen MR) is 101 cm³/mol. The first-order valence-corrected chi connectivity index (χ1v) is 10.3. The van der Waals surface area contributed by atoms with Crippen molar-refractivity contribution in [3.63, 3.8) is 0 Å². The first kappa shape index (κ1) is 20.3. The van der Waals surface area contributed by atoms with Gasteiger partial charge < -0.3 is 0 Å². The Morgan fingerprint density at radius 3 is 1.87 bits per heavy atom. The summed E-state index contributed by atoms with van der Waals surface area (Å²) in [6.45, 7) is 9.24. The maximum atomic E-state index is 2.45. The standard InChI is InChI=1S/C21H41N2/c1-4-6-8-10-11-12-14-16-18-23-20-19-22(21(23)3)17-15-13-9-7-5-2/h19-20H,4-18H2,1-3H3/q+1. The van der Waals surface area contributed by atoms with Crippen LogP contribution in [0.15, 0.2) is 12.4 Å². The smallest absolute Gasteiger partial charge is 0.234 e. The molecule has 134 valence electrons. The van der Waals surface area contributed by atoms with Crippen LogP contribution in [0.3, 0.4) is 0 Å². The summed E-state index contributed by atoms with van der Waals surface area (Å²) in [5, 5.41) is 0. The number of nitrogens with zero attached hydrogens (tertiary/aromatic N) is 2. The van der Waals surface area contributed by atoms with Crippen molar-refractivity contribution in [3.8, 4) is 0 Å². The van der Waals surface area contributed by atoms with Crippen LogP contribution in [0.5, 0.6) is 0 Å². The summed E-state index contributed by atoms with van der Waals surface area (Å²) in [5.74, 6) is 1.43. The summed E-state index contributed by atoms with van der Waals surface area (Å²) in [4.78, 5) is 0. The Labute approximate surface area is 145 Å². The maximum absolute atomic E-state index is 2.45. The molecule has 1 aromatic rings. The Hall–Kier alpha value is -0.790. The first-order chi connectivity index (χ1) is 11.3. The molecule has 0 amide bonds. The zero-order valence-corrected chi connectivity index (χ0v) is 16.2. The van der Waals surface area contributed by atoms with Crippen LogP contribution in [0.1, 0.15) is 103 Å². The van der Waals surface area contributed by atoms with Gasteiger partial charge in [0.15, 0.2) is 0 Å². The number of rotatable bonds is 15. The Morgan fingerprint density at radius 2 is 1.26 bits per heavy atom. The number of aromatic nitrogens is 2. The highest BCUT2D eigenvalue weighted by Crippen LogP contribution is 2.09. The second kappa shape index (κ2) is 13.6. The van der Waals surface area contributed by atoms with Gasteiger partial charge in [-0.3, -0.25) is 0 Å². The Bertz CT molecular complexity index is 381. The van der Waals surface area contributed by atoms with E-state index in [4.69, 9.17) is 0 Å². The Morgan fingerprint density at radius 1 is 0.739 bits per heavy atom. The zero-order chi connectivity index (χ0) is 16.8. The van der Waals surface area contributed by atoms with E-state index in [9.17, 15) is 0 Å². The Kier molecular flexibility index (Phi) is 12.0. The third-order valence-corrected chi connectivity index (χ3v) is 5.01. The third-order valence-electron chi connectivity index (χ3n) is 5.01. The van der Waals surface area contributed by atoms with Crippen molar-refractivity contribution < 1.29 is 4.57 Å². The predicted octanol–water partition coefficient (Wildman–Crippen LogP) is 6.20. The fourth-order valence-corrected chi connectivity index (χ4v) is 3.32. The van der Waals surface area contributed by atoms with Crippen LogP contribution >= 0.6 is 0 Å². The van der Waals surface area contributed by atoms with Gasteiger partial charge in [-0.1, -0.05) is 71.6 Å². The molecule has 1 rings (SSSR count). The highest BCUT2D eigenvalue weighted by atomic mass is 15.1. The molecular weight excluding hydrogens is 280 g/mol. The molecule has 0 aliphatic carbocycles. The second-order valence-electron chi connectivity index (χ2n) is 7.12. The van der Waals surface area contributed by atoms with E-state index in [1.807, 2.05) is 0 Å². The lowest BCUT2D eigenvalue weighted by molar-refractivity contribution is -0.702. The molecule has 0 unspecified atom stereocenters. The summed E-state index contributed by atoms with van der Waals surface area (Å²) in [7, 11) is 0. The van der Waals surface area contributed by atoms with Crippen molar-refractivity contribution in [2.45, 2.75) is 117 Å². The fourth-order valence-electron chi connectivity index (χ4n) is 3.32. The third kappa shape index (κ3) is 9.17. The van der Waals surface area contributed by atoms with Crippen LogP contribution in [0.25, 0.3) is 0 Å². The molecule has 0 aromatic carbocycles. The van der Waals surface area contributed by atoms with E-state index in [2.05, 4.69) is 42.3 Å². The SMILES string of the molecule is CCCCCCCCCCn1cc[n+](CCCCCCC)c1C. The summed E-state index contributed by atoms with van der Waals surface area (Å²) < 4.78 is 4.89. The topological polar surface area (TPSA) is 8.81 Å². The molecule has 0 aliphatic heterocycles. The van der Waals surface area contributed by atoms with Crippen molar-refractivity contribution in [2.75, 3.05) is 0 Å². The van der Waals surface area contributed by atoms with Gasteiger partial charge in [0.05, 0.1) is 13.1 Å². The number of imidazole rings is 1. The van der Waals surface area contributed by atoms with E-state index in [1.165, 1.54) is 102 Å². The van der Waals surface area contributed by atoms with Crippen LogP contribution in [-0.2, 0) is 13.1 Å². The fraction of sp³-hybridized carbons (Fsp3) is 0.857. The molecule has 23 heavy (non-hydrogen) atoms. The van der Waals surface area contributed by atoms with Crippen LogP contribution in [0.4, 0.5) is 0 Å². The number of aryl methyl sites for hydroxylation is 2. The van der Waals surface area contributed by atoms with Crippen LogP contribution in [0, 0.1) is 6.92 Å². The van der Waals surface area contributed by atoms with Crippen molar-refractivity contribution in [1.29, 1.82) is 0 Å². The maximum Gasteiger partial charge on any atom is 0.253 e. The van der Waals surface area contributed by atoms with Gasteiger partial charge in [0.25, 0.3) is 5.82 Å². The number of hydrogen-bond acceptors (Lipinski definition) is 0. The molecule has 1 aromatic heterocycles. The van der Waals surface area contributed by atoms with Gasteiger partial charge in [0.2, 0.25) is 0 Å². The van der Waals surface area contributed by atoms with E-state index in [0.717, 1.165) is 0 Å². The van der Waals surface area contributed by atoms with Crippen LogP contribution in [0.2, 0.25) is 0 Å². The molecule has 0 saturated carbocycles. The van der Waals surface area contributed by atoms with Gasteiger partial charge in [0.1, 0.15) is 12.4 Å². The number of unbranched alkanes of at least 4 members (excludes halogenated alkanes) is 11. The van der Waals surface area contributed by atoms with E-state index < -0.39 is 0 Å². The molecule has 0 aliphatic rings. The van der Waals surface area contributed by atoms with Crippen molar-refractivity contribution in [3.05, 3.63) is 18.2 Å². The number of hydrogen-bond donors (Lipinski definition) is 0. The quantitative estimate of drug-likeness (QED) is 0.269. The molecule has 0 radical (unpaired) electrons. The minimum atomic E-state index is 1.19. The van der Waals surface area contributed by atoms with E-state index in [-0.39, 0.29) is 0 Å². The summed E-state index contributed by atoms with van der Waals surface area (Å²) in [5.41, 5.74) is 0. The van der Waals surface area contributed by atoms with Gasteiger partial charge in [0, 0.05) is 6.92 Å². The lowest BCUT2D eigenvalue weighted by atomic mass is 10.1. The normalized spacial score (nSPS) is 11.3. The van der Waals surface area contributed by atoms with Crippen LogP contribution < -0.4 is 4.57 Å². The zero-order valence-electron chi connectivity index (χ0n) is 16.2. The van der Waals surface area contributed by atoms with Gasteiger partial charge in [-0.25, -0.2) is 9.13 Å². The lowest BCUT2D eigenvalue weighted by Crippen LogP contribution is -2.35. The van der Waals surface area contributed by atoms with E-state index in [1.54, 1.807) is 0 Å². The molecule has 0 fully saturated rings. The van der Waals surface area contributed by atoms with Crippen molar-refractivity contribution >= 4 is 0 Å². The van der Waals surface area contributed by atoms with Gasteiger partial charge in [-0.05, 0) is 25.7 Å². The second-order valence-corrected chi connectivity index (χ2v) is 7.12. The monoisotopic (exact) mass is 321 g/mol. The molecule has 2 nitrogen and oxygen atoms in total. The average Bonchev–Trinajstić information content (AvgIpc) is 2.90. The molecule has 2 heteroatoms. The highest BCUT2D eigenvalue weighted by molar-refractivity contribution is 4.79. The van der Waals surface area contributed by atoms with E-state index >= 15 is 0 Å². The average molecular weight is 322 g/mol. The van der Waals surface area contributed by atoms with Gasteiger partial charge in [-0.2, -0.15) is 0 Å². The molecule has 0 spiro atoms. The largest absolute Gasteiger partial charge is 0.253 e. The minimum Gasteiger partial charge on any atom is -0.234 e. The van der Waals surface area contributed by atoms with Crippen molar-refractivity contribution in [2.24, 2.45) is 0 Å². The van der Waals surface area contributed by atoms with Crippen LogP contribution in [-0.4, -0.2) is 4.57 Å². The summed E-state index contributed by atoms with van der Waals surface area (Å²) >= 11 is 0. The van der Waals surface area contributed by atoms with Gasteiger partial charge >= 0.3 is 0 Å². The summed E-state index contributed by atoms with van der Waals surface area (Å²) in [6, 6.07) is 0. The molecule has 0 N–H and O–H groups in total. The van der Waals surface area contributed by atoms with Gasteiger partial charge in [-0.15, -0.1) is 0 Å². The highest BCUT2D eigenvalue weighted by Gasteiger charge is 2.11. The lowest BCUT2D eigenvalue weighted by Gasteiger charge is -2.03. The molecule has 1 heterocycles.